The monoisotopic (exact) mass is 142 g/mol. The fourth-order valence-electron chi connectivity index (χ4n) is 0. The van der Waals surface area contributed by atoms with Crippen molar-refractivity contribution in [3.05, 3.63) is 0 Å². The Balaban J connectivity index is -0.0000000150. The number of rotatable bonds is 0. The molecule has 3 nitrogen and oxygen atoms in total. The zero-order chi connectivity index (χ0) is 3.58. The number of hydrogen-bond donors (Lipinski definition) is 2. The molecule has 0 atom stereocenters. The minimum atomic E-state index is -2.42. The summed E-state index contributed by atoms with van der Waals surface area (Å²) < 4.78 is 0. The van der Waals surface area contributed by atoms with E-state index in [0.29, 0.717) is 0 Å². The molecule has 0 saturated heterocycles. The molecule has 0 aromatic carbocycles. The van der Waals surface area contributed by atoms with Crippen LogP contribution in [0.4, 0.5) is 0 Å². The predicted octanol–water partition coefficient (Wildman–Crippen LogP) is -11.7. The first-order chi connectivity index (χ1) is 1.73. The molecule has 0 saturated carbocycles. The maximum absolute atomic E-state index is 8.64. The first-order valence-electron chi connectivity index (χ1n) is 0.752. The van der Waals surface area contributed by atoms with E-state index in [2.05, 4.69) is 0 Å². The molecule has 0 spiro atoms. The second-order valence-electron chi connectivity index (χ2n) is 0.326. The molecule has 0 aliphatic heterocycles. The predicted molar refractivity (Wildman–Crippen MR) is 10.2 cm³/mol. The van der Waals surface area contributed by atoms with Crippen molar-refractivity contribution >= 4 is 7.32 Å². The van der Waals surface area contributed by atoms with Crippen LogP contribution >= 0.6 is 0 Å². The second-order valence-corrected chi connectivity index (χ2v) is 0.326. The van der Waals surface area contributed by atoms with Crippen LogP contribution in [-0.4, -0.2) is 17.4 Å². The van der Waals surface area contributed by atoms with E-state index < -0.39 is 7.32 Å². The van der Waals surface area contributed by atoms with Crippen LogP contribution in [0.5, 0.6) is 0 Å². The molecule has 0 aromatic heterocycles. The third-order valence-corrected chi connectivity index (χ3v) is 0. The summed E-state index contributed by atoms with van der Waals surface area (Å²) in [5, 5.41) is 22.8. The average Bonchev–Trinajstić information content (AvgIpc) is 0.811. The summed E-state index contributed by atoms with van der Waals surface area (Å²) in [6.07, 6.45) is 0. The summed E-state index contributed by atoms with van der Waals surface area (Å²) in [5.41, 5.74) is 0. The largest absolute Gasteiger partial charge is 1.00 e. The number of hydrogen-bond acceptors (Lipinski definition) is 3. The van der Waals surface area contributed by atoms with Gasteiger partial charge in [0, 0.05) is 0 Å². The van der Waals surface area contributed by atoms with Crippen LogP contribution < -0.4 is 76.5 Å². The maximum atomic E-state index is 8.64. The van der Waals surface area contributed by atoms with Crippen LogP contribution in [0.2, 0.25) is 0 Å². The third kappa shape index (κ3) is 64.1. The number of halogens is 1. The third-order valence-electron chi connectivity index (χ3n) is 0. The molecule has 0 aromatic rings. The molecule has 7 heavy (non-hydrogen) atoms. The zero-order valence-electron chi connectivity index (χ0n) is 4.26. The minimum Gasteiger partial charge on any atom is -1.00 e. The molecule has 2 N–H and O–H groups in total. The molecule has 0 heterocycles. The summed E-state index contributed by atoms with van der Waals surface area (Å²) in [4.78, 5) is 0. The van der Waals surface area contributed by atoms with Crippen molar-refractivity contribution in [2.24, 2.45) is 0 Å². The normalized spacial score (nSPS) is 3.86. The van der Waals surface area contributed by atoms with Crippen molar-refractivity contribution in [1.82, 2.24) is 0 Å². The Morgan fingerprint density at radius 3 is 1.14 bits per heavy atom. The van der Waals surface area contributed by atoms with Crippen LogP contribution in [0.15, 0.2) is 0 Å². The summed E-state index contributed by atoms with van der Waals surface area (Å²) >= 11 is 0. The van der Waals surface area contributed by atoms with Gasteiger partial charge in [-0.3, -0.25) is 0 Å². The van der Waals surface area contributed by atoms with Gasteiger partial charge in [0.1, 0.15) is 0 Å². The molecule has 0 unspecified atom stereocenters. The first-order valence-corrected chi connectivity index (χ1v) is 0.752. The van der Waals surface area contributed by atoms with E-state index in [0.717, 1.165) is 0 Å². The summed E-state index contributed by atoms with van der Waals surface area (Å²) in [7, 11) is -2.42. The molecule has 0 fully saturated rings. The molecule has 0 aliphatic carbocycles. The standard InChI is InChI=1S/BH2O3.ClH.2Na/c2-1(3)4;;;/h2-3H;1H;;/q-1;;2*+1/p-1. The van der Waals surface area contributed by atoms with Gasteiger partial charge in [-0.05, 0) is 0 Å². The van der Waals surface area contributed by atoms with Crippen molar-refractivity contribution < 1.29 is 86.6 Å². The Morgan fingerprint density at radius 2 is 1.14 bits per heavy atom. The molecule has 0 amide bonds. The summed E-state index contributed by atoms with van der Waals surface area (Å²) in [6, 6.07) is 0. The van der Waals surface area contributed by atoms with Gasteiger partial charge in [-0.15, -0.1) is 0 Å². The van der Waals surface area contributed by atoms with E-state index in [4.69, 9.17) is 15.1 Å². The zero-order valence-corrected chi connectivity index (χ0v) is 9.01. The molecule has 0 aliphatic rings. The van der Waals surface area contributed by atoms with Gasteiger partial charge in [-0.2, -0.15) is 0 Å². The van der Waals surface area contributed by atoms with Gasteiger partial charge in [0.2, 0.25) is 0 Å². The fourth-order valence-corrected chi connectivity index (χ4v) is 0. The van der Waals surface area contributed by atoms with Gasteiger partial charge in [0.25, 0.3) is 0 Å². The van der Waals surface area contributed by atoms with Crippen molar-refractivity contribution in [2.75, 3.05) is 0 Å². The Hall–Kier alpha value is 2.23. The van der Waals surface area contributed by atoms with Gasteiger partial charge in [0.05, 0.1) is 0 Å². The second kappa shape index (κ2) is 15.7. The van der Waals surface area contributed by atoms with Crippen LogP contribution in [0.3, 0.4) is 0 Å². The van der Waals surface area contributed by atoms with Crippen LogP contribution in [-0.2, 0) is 0 Å². The molecule has 7 heteroatoms. The molecular formula is H2BClNa2O3. The molecule has 0 radical (unpaired) electrons. The quantitative estimate of drug-likeness (QED) is 0.330. The molecule has 0 rings (SSSR count). The van der Waals surface area contributed by atoms with E-state index in [1.807, 2.05) is 0 Å². The van der Waals surface area contributed by atoms with Gasteiger partial charge in [-0.25, -0.2) is 0 Å². The summed E-state index contributed by atoms with van der Waals surface area (Å²) in [5.74, 6) is 0. The van der Waals surface area contributed by atoms with Gasteiger partial charge < -0.3 is 27.5 Å². The Morgan fingerprint density at radius 1 is 1.14 bits per heavy atom. The molecular weight excluding hydrogens is 140 g/mol. The van der Waals surface area contributed by atoms with E-state index >= 15 is 0 Å². The van der Waals surface area contributed by atoms with E-state index in [1.165, 1.54) is 0 Å². The van der Waals surface area contributed by atoms with E-state index in [1.54, 1.807) is 0 Å². The topological polar surface area (TPSA) is 63.5 Å². The van der Waals surface area contributed by atoms with Gasteiger partial charge >= 0.3 is 66.4 Å². The summed E-state index contributed by atoms with van der Waals surface area (Å²) in [6.45, 7) is 0. The van der Waals surface area contributed by atoms with Gasteiger partial charge in [0.15, 0.2) is 0 Å². The maximum Gasteiger partial charge on any atom is 1.00 e. The van der Waals surface area contributed by atoms with Crippen LogP contribution in [0, 0.1) is 0 Å². The van der Waals surface area contributed by atoms with Crippen LogP contribution in [0.25, 0.3) is 0 Å². The SMILES string of the molecule is [Cl-].[Na+].[Na+].[O-]B(O)O. The van der Waals surface area contributed by atoms with Gasteiger partial charge in [-0.1, -0.05) is 0 Å². The Kier molecular flexibility index (Phi) is 51.3. The van der Waals surface area contributed by atoms with Crippen molar-refractivity contribution in [3.8, 4) is 0 Å². The van der Waals surface area contributed by atoms with E-state index in [9.17, 15) is 0 Å². The van der Waals surface area contributed by atoms with Crippen molar-refractivity contribution in [3.63, 3.8) is 0 Å². The molecule has 0 bridgehead atoms. The first kappa shape index (κ1) is 22.9. The van der Waals surface area contributed by atoms with Crippen LogP contribution in [0.1, 0.15) is 0 Å². The Labute approximate surface area is 92.7 Å². The van der Waals surface area contributed by atoms with E-state index in [-0.39, 0.29) is 71.5 Å². The minimum absolute atomic E-state index is 0. The smallest absolute Gasteiger partial charge is 1.00 e. The van der Waals surface area contributed by atoms with Crippen molar-refractivity contribution in [1.29, 1.82) is 0 Å². The average molecular weight is 142 g/mol. The Bertz CT molecular complexity index is 17.7. The fraction of sp³-hybridized carbons (Fsp3) is 0. The molecule has 32 valence electrons. The van der Waals surface area contributed by atoms with Crippen molar-refractivity contribution in [2.45, 2.75) is 0 Å².